The Morgan fingerprint density at radius 2 is 1.60 bits per heavy atom. The van der Waals surface area contributed by atoms with Crippen LogP contribution in [0.5, 0.6) is 0 Å². The fourth-order valence-electron chi connectivity index (χ4n) is 8.71. The van der Waals surface area contributed by atoms with E-state index in [0.29, 0.717) is 48.6 Å². The van der Waals surface area contributed by atoms with Gasteiger partial charge in [-0.1, -0.05) is 49.8 Å². The maximum atomic E-state index is 17.3. The minimum absolute atomic E-state index is 0.0112. The Morgan fingerprint density at radius 1 is 0.917 bits per heavy atom. The smallest absolute Gasteiger partial charge is 0.248 e. The van der Waals surface area contributed by atoms with Crippen molar-refractivity contribution in [3.05, 3.63) is 87.5 Å². The van der Waals surface area contributed by atoms with Crippen molar-refractivity contribution in [3.63, 3.8) is 0 Å². The molecule has 1 N–H and O–H groups in total. The van der Waals surface area contributed by atoms with Gasteiger partial charge in [0, 0.05) is 66.6 Å². The zero-order chi connectivity index (χ0) is 33.6. The quantitative estimate of drug-likeness (QED) is 0.286. The average molecular weight is 659 g/mol. The molecule has 0 spiro atoms. The summed E-state index contributed by atoms with van der Waals surface area (Å²) in [6, 6.07) is 7.49. The average Bonchev–Trinajstić information content (AvgIpc) is 3.07. The van der Waals surface area contributed by atoms with E-state index in [4.69, 9.17) is 15.0 Å². The maximum Gasteiger partial charge on any atom is 0.248 e. The number of nitrogens with zero attached hydrogens (tertiary/aromatic N) is 4. The van der Waals surface area contributed by atoms with E-state index in [-0.39, 0.29) is 42.9 Å². The third-order valence-corrected chi connectivity index (χ3v) is 11.4. The molecule has 2 aromatic heterocycles. The molecule has 3 aliphatic carbocycles. The van der Waals surface area contributed by atoms with Gasteiger partial charge >= 0.3 is 0 Å². The summed E-state index contributed by atoms with van der Waals surface area (Å²) < 4.78 is 46.2. The van der Waals surface area contributed by atoms with Crippen LogP contribution in [0.15, 0.2) is 42.7 Å². The molecule has 48 heavy (non-hydrogen) atoms. The van der Waals surface area contributed by atoms with Crippen LogP contribution in [0.2, 0.25) is 0 Å². The van der Waals surface area contributed by atoms with Crippen molar-refractivity contribution < 1.29 is 18.3 Å². The summed E-state index contributed by atoms with van der Waals surface area (Å²) in [5.74, 6) is -2.26. The first kappa shape index (κ1) is 33.2. The Labute approximate surface area is 283 Å². The molecule has 1 saturated heterocycles. The van der Waals surface area contributed by atoms with Crippen LogP contribution in [0.25, 0.3) is 5.57 Å². The maximum absolute atomic E-state index is 17.3. The first-order chi connectivity index (χ1) is 23.0. The van der Waals surface area contributed by atoms with Gasteiger partial charge in [0.25, 0.3) is 0 Å². The first-order valence-electron chi connectivity index (χ1n) is 18.1. The van der Waals surface area contributed by atoms with Gasteiger partial charge in [0.2, 0.25) is 11.9 Å². The van der Waals surface area contributed by atoms with Gasteiger partial charge in [-0.3, -0.25) is 4.98 Å². The van der Waals surface area contributed by atoms with Crippen molar-refractivity contribution in [2.24, 2.45) is 5.41 Å². The normalized spacial score (nSPS) is 23.8. The van der Waals surface area contributed by atoms with Gasteiger partial charge in [-0.15, -0.1) is 0 Å². The van der Waals surface area contributed by atoms with Crippen LogP contribution < -0.4 is 4.90 Å². The molecule has 1 aromatic carbocycles. The molecule has 0 bridgehead atoms. The summed E-state index contributed by atoms with van der Waals surface area (Å²) in [6.07, 6.45) is 11.3. The van der Waals surface area contributed by atoms with E-state index in [9.17, 15) is 13.9 Å². The summed E-state index contributed by atoms with van der Waals surface area (Å²) in [5, 5.41) is 11.7. The Balaban J connectivity index is 1.26. The van der Waals surface area contributed by atoms with Gasteiger partial charge in [0.1, 0.15) is 0 Å². The molecule has 4 aliphatic rings. The van der Waals surface area contributed by atoms with Crippen LogP contribution in [0.3, 0.4) is 0 Å². The number of rotatable bonds is 6. The number of aryl methyl sites for hydroxylation is 1. The van der Waals surface area contributed by atoms with Crippen molar-refractivity contribution >= 4 is 11.5 Å². The first-order valence-corrected chi connectivity index (χ1v) is 18.1. The predicted molar refractivity (Wildman–Crippen MR) is 184 cm³/mol. The van der Waals surface area contributed by atoms with E-state index in [1.165, 1.54) is 18.4 Å². The number of halogens is 3. The summed E-state index contributed by atoms with van der Waals surface area (Å²) in [4.78, 5) is 17.0. The number of anilines is 1. The van der Waals surface area contributed by atoms with Crippen molar-refractivity contribution in [2.75, 3.05) is 18.0 Å². The van der Waals surface area contributed by atoms with Crippen LogP contribution in [-0.2, 0) is 6.42 Å². The third kappa shape index (κ3) is 6.79. The molecule has 3 heterocycles. The molecular weight excluding hydrogens is 609 g/mol. The lowest BCUT2D eigenvalue weighted by molar-refractivity contribution is -0.0385. The van der Waals surface area contributed by atoms with E-state index in [0.717, 1.165) is 53.8 Å². The Hall–Kier alpha value is -3.26. The van der Waals surface area contributed by atoms with Crippen molar-refractivity contribution in [1.29, 1.82) is 0 Å². The molecule has 3 aromatic rings. The van der Waals surface area contributed by atoms with E-state index >= 15 is 4.39 Å². The second-order valence-electron chi connectivity index (χ2n) is 15.7. The fourth-order valence-corrected chi connectivity index (χ4v) is 8.71. The minimum Gasteiger partial charge on any atom is -0.388 e. The molecule has 2 atom stereocenters. The highest BCUT2D eigenvalue weighted by molar-refractivity contribution is 5.65. The van der Waals surface area contributed by atoms with Gasteiger partial charge in [-0.2, -0.15) is 0 Å². The third-order valence-electron chi connectivity index (χ3n) is 11.4. The SMILES string of the molecule is Cc1ccc([C@H](F)c2c(C3CCN(c4ncc(C5=CCCCC5)cn4)CC3)nc3c(c2C2CCC(F)(F)CC2)[C@@H](O)CC(C)(C)C3)cc1. The van der Waals surface area contributed by atoms with Crippen molar-refractivity contribution in [1.82, 2.24) is 15.0 Å². The lowest BCUT2D eigenvalue weighted by Crippen LogP contribution is -2.36. The van der Waals surface area contributed by atoms with Crippen molar-refractivity contribution in [2.45, 2.75) is 128 Å². The molecule has 0 amide bonds. The highest BCUT2D eigenvalue weighted by Crippen LogP contribution is 2.52. The zero-order valence-corrected chi connectivity index (χ0v) is 28.6. The molecule has 5 nitrogen and oxygen atoms in total. The number of aromatic nitrogens is 3. The van der Waals surface area contributed by atoms with Gasteiger partial charge in [0.05, 0.1) is 11.8 Å². The second kappa shape index (κ2) is 13.2. The number of aliphatic hydroxyl groups is 1. The molecule has 0 radical (unpaired) electrons. The summed E-state index contributed by atoms with van der Waals surface area (Å²) >= 11 is 0. The van der Waals surface area contributed by atoms with E-state index < -0.39 is 18.2 Å². The number of allylic oxidation sites excluding steroid dienone is 2. The van der Waals surface area contributed by atoms with Crippen LogP contribution in [0.4, 0.5) is 19.1 Å². The van der Waals surface area contributed by atoms with Crippen molar-refractivity contribution in [3.8, 4) is 0 Å². The highest BCUT2D eigenvalue weighted by Gasteiger charge is 2.43. The zero-order valence-electron chi connectivity index (χ0n) is 28.6. The molecule has 2 fully saturated rings. The molecule has 8 heteroatoms. The molecule has 7 rings (SSSR count). The number of pyridine rings is 1. The van der Waals surface area contributed by atoms with Crippen LogP contribution in [0, 0.1) is 12.3 Å². The van der Waals surface area contributed by atoms with Crippen LogP contribution in [-0.4, -0.2) is 39.1 Å². The minimum atomic E-state index is -2.71. The number of hydrogen-bond acceptors (Lipinski definition) is 5. The number of fused-ring (bicyclic) bond motifs is 1. The summed E-state index contributed by atoms with van der Waals surface area (Å²) in [6.45, 7) is 7.67. The van der Waals surface area contributed by atoms with Crippen LogP contribution >= 0.6 is 0 Å². The summed E-state index contributed by atoms with van der Waals surface area (Å²) in [5.41, 5.74) is 7.39. The summed E-state index contributed by atoms with van der Waals surface area (Å²) in [7, 11) is 0. The molecular formula is C40H49F3N4O. The second-order valence-corrected chi connectivity index (χ2v) is 15.7. The lowest BCUT2D eigenvalue weighted by Gasteiger charge is -2.41. The Morgan fingerprint density at radius 3 is 2.25 bits per heavy atom. The molecule has 1 saturated carbocycles. The molecule has 0 unspecified atom stereocenters. The topological polar surface area (TPSA) is 62.1 Å². The van der Waals surface area contributed by atoms with Gasteiger partial charge < -0.3 is 10.0 Å². The Kier molecular flexibility index (Phi) is 9.16. The molecule has 256 valence electrons. The number of benzene rings is 1. The standard InChI is InChI=1S/C40H49F3N4O/c1-25-9-11-28(12-10-25)36(41)35-33(27-13-17-40(42,43)18-14-27)34-31(21-39(2,3)22-32(34)48)46-37(35)29-15-19-47(20-16-29)38-44-23-30(24-45-38)26-7-5-4-6-8-26/h7,9-12,23-24,27,29,32,36,48H,4-6,8,13-22H2,1-3H3/t32-,36-/m0/s1. The molecule has 1 aliphatic heterocycles. The van der Waals surface area contributed by atoms with Gasteiger partial charge in [-0.05, 0) is 99.2 Å². The van der Waals surface area contributed by atoms with Gasteiger partial charge in [-0.25, -0.2) is 23.1 Å². The monoisotopic (exact) mass is 658 g/mol. The van der Waals surface area contributed by atoms with Crippen LogP contribution in [0.1, 0.15) is 153 Å². The van der Waals surface area contributed by atoms with E-state index in [1.807, 2.05) is 43.6 Å². The number of alkyl halides is 3. The Bertz CT molecular complexity index is 1630. The fraction of sp³-hybridized carbons (Fsp3) is 0.575. The predicted octanol–water partition coefficient (Wildman–Crippen LogP) is 9.88. The van der Waals surface area contributed by atoms with E-state index in [2.05, 4.69) is 24.8 Å². The number of piperidine rings is 1. The largest absolute Gasteiger partial charge is 0.388 e. The number of hydrogen-bond donors (Lipinski definition) is 1. The van der Waals surface area contributed by atoms with E-state index in [1.54, 1.807) is 0 Å². The lowest BCUT2D eigenvalue weighted by atomic mass is 9.68. The number of aliphatic hydroxyl groups excluding tert-OH is 1. The van der Waals surface area contributed by atoms with Gasteiger partial charge in [0.15, 0.2) is 6.17 Å². The highest BCUT2D eigenvalue weighted by atomic mass is 19.3.